The highest BCUT2D eigenvalue weighted by Gasteiger charge is 2.61. The molecule has 0 amide bonds. The van der Waals surface area contributed by atoms with Crippen LogP contribution in [0.2, 0.25) is 0 Å². The Kier molecular flexibility index (Phi) is 6.67. The van der Waals surface area contributed by atoms with E-state index < -0.39 is 70.4 Å². The molecule has 33 heavy (non-hydrogen) atoms. The van der Waals surface area contributed by atoms with Gasteiger partial charge in [0.1, 0.15) is 5.92 Å². The summed E-state index contributed by atoms with van der Waals surface area (Å²) in [7, 11) is 0. The zero-order valence-electron chi connectivity index (χ0n) is 17.8. The minimum absolute atomic E-state index is 0.0527. The Hall–Kier alpha value is -3.77. The van der Waals surface area contributed by atoms with Crippen molar-refractivity contribution in [2.24, 2.45) is 17.3 Å². The lowest BCUT2D eigenvalue weighted by atomic mass is 9.65. The predicted octanol–water partition coefficient (Wildman–Crippen LogP) is 1.40. The fraction of sp³-hybridized carbons (Fsp3) is 0.550. The lowest BCUT2D eigenvalue weighted by molar-refractivity contribution is -0.156. The van der Waals surface area contributed by atoms with E-state index in [1.807, 2.05) is 0 Å². The third kappa shape index (κ3) is 4.71. The third-order valence-corrected chi connectivity index (χ3v) is 6.24. The molecule has 0 aliphatic heterocycles. The van der Waals surface area contributed by atoms with Gasteiger partial charge in [-0.25, -0.2) is 14.4 Å². The van der Waals surface area contributed by atoms with Gasteiger partial charge in [-0.2, -0.15) is 0 Å². The molecule has 13 nitrogen and oxygen atoms in total. The summed E-state index contributed by atoms with van der Waals surface area (Å²) in [5, 5.41) is 53.1. The van der Waals surface area contributed by atoms with Crippen molar-refractivity contribution in [3.8, 4) is 0 Å². The van der Waals surface area contributed by atoms with Gasteiger partial charge in [-0.3, -0.25) is 20.4 Å². The third-order valence-electron chi connectivity index (χ3n) is 6.24. The molecular weight excluding hydrogens is 444 g/mol. The number of hydrogen-bond donors (Lipinski definition) is 6. The number of aliphatic carboxylic acids is 4. The largest absolute Gasteiger partial charge is 0.510 e. The summed E-state index contributed by atoms with van der Waals surface area (Å²) in [4.78, 5) is 58.9. The quantitative estimate of drug-likeness (QED) is 0.144. The van der Waals surface area contributed by atoms with Crippen molar-refractivity contribution in [2.75, 3.05) is 0 Å². The molecule has 5 unspecified atom stereocenters. The number of nitrogens with one attached hydrogen (secondary N) is 2. The molecule has 180 valence electrons. The zero-order chi connectivity index (χ0) is 25.4. The fourth-order valence-electron chi connectivity index (χ4n) is 4.71. The first-order chi connectivity index (χ1) is 15.1. The lowest BCUT2D eigenvalue weighted by Gasteiger charge is -2.42. The van der Waals surface area contributed by atoms with Gasteiger partial charge in [0, 0.05) is 5.41 Å². The molecule has 0 spiro atoms. The Labute approximate surface area is 187 Å². The first-order valence-corrected chi connectivity index (χ1v) is 9.78. The van der Waals surface area contributed by atoms with Crippen molar-refractivity contribution in [3.63, 3.8) is 0 Å². The molecule has 0 aromatic heterocycles. The second-order valence-electron chi connectivity index (χ2n) is 8.59. The Bertz CT molecular complexity index is 973. The number of fused-ring (bicyclic) bond motifs is 2. The summed E-state index contributed by atoms with van der Waals surface area (Å²) < 4.78 is 9.90. The van der Waals surface area contributed by atoms with E-state index in [0.717, 1.165) is 13.8 Å². The van der Waals surface area contributed by atoms with Crippen LogP contribution in [0.15, 0.2) is 12.2 Å². The molecule has 2 aliphatic rings. The maximum atomic E-state index is 12.6. The van der Waals surface area contributed by atoms with E-state index in [-0.39, 0.29) is 5.92 Å². The van der Waals surface area contributed by atoms with Crippen LogP contribution in [0, 0.1) is 28.1 Å². The van der Waals surface area contributed by atoms with Crippen LogP contribution in [0.3, 0.4) is 0 Å². The number of ether oxygens (including phenoxy) is 2. The highest BCUT2D eigenvalue weighted by atomic mass is 16.7. The maximum Gasteiger partial charge on any atom is 0.510 e. The van der Waals surface area contributed by atoms with Crippen molar-refractivity contribution >= 4 is 41.5 Å². The molecular formula is C20H24N2O11. The summed E-state index contributed by atoms with van der Waals surface area (Å²) in [6.07, 6.45) is 1.72. The number of carboxylic acids is 4. The monoisotopic (exact) mass is 468 g/mol. The van der Waals surface area contributed by atoms with Crippen molar-refractivity contribution in [3.05, 3.63) is 12.2 Å². The molecule has 2 bridgehead atoms. The summed E-state index contributed by atoms with van der Waals surface area (Å²) in [5.41, 5.74) is -8.77. The van der Waals surface area contributed by atoms with Gasteiger partial charge in [-0.15, -0.1) is 0 Å². The van der Waals surface area contributed by atoms with Crippen LogP contribution in [0.4, 0.5) is 4.79 Å². The topological polar surface area (TPSA) is 232 Å². The number of carboxylic acid groups (broad SMARTS) is 4. The number of carbonyl (C=O) groups excluding carboxylic acids is 1. The summed E-state index contributed by atoms with van der Waals surface area (Å²) in [6.45, 7) is 1.75. The molecule has 0 heterocycles. The van der Waals surface area contributed by atoms with Gasteiger partial charge in [0.05, 0.1) is 6.42 Å². The normalized spacial score (nSPS) is 25.2. The van der Waals surface area contributed by atoms with Gasteiger partial charge in [0.2, 0.25) is 0 Å². The van der Waals surface area contributed by atoms with Crippen LogP contribution in [0.25, 0.3) is 0 Å². The zero-order valence-corrected chi connectivity index (χ0v) is 17.8. The molecule has 0 saturated heterocycles. The van der Waals surface area contributed by atoms with Crippen LogP contribution < -0.4 is 0 Å². The standard InChI is InChI=1S/C20H24N2O11/c1-18(8-10(23)24,12(21)15(27)28)32-17(31)33-19(2,13(22)16(29)30)11(14(25)26)20-5-3-9(7-20)4-6-20/h3,5,9,11,21-22H,4,6-8H2,1-2H3,(H,23,24)(H,25,26)(H,27,28)(H,29,30). The van der Waals surface area contributed by atoms with Crippen molar-refractivity contribution in [1.82, 2.24) is 0 Å². The van der Waals surface area contributed by atoms with Crippen molar-refractivity contribution in [2.45, 2.75) is 50.7 Å². The number of carbonyl (C=O) groups is 5. The van der Waals surface area contributed by atoms with Gasteiger partial charge in [-0.05, 0) is 39.0 Å². The number of rotatable bonds is 11. The van der Waals surface area contributed by atoms with Gasteiger partial charge < -0.3 is 29.9 Å². The van der Waals surface area contributed by atoms with Crippen molar-refractivity contribution < 1.29 is 53.9 Å². The number of hydrogen-bond acceptors (Lipinski definition) is 9. The summed E-state index contributed by atoms with van der Waals surface area (Å²) in [6, 6.07) is 0. The lowest BCUT2D eigenvalue weighted by Crippen LogP contribution is -2.58. The first-order valence-electron chi connectivity index (χ1n) is 9.78. The molecule has 0 aromatic rings. The Balaban J connectivity index is 2.47. The average molecular weight is 468 g/mol. The molecule has 2 aliphatic carbocycles. The molecule has 13 heteroatoms. The van der Waals surface area contributed by atoms with Crippen LogP contribution >= 0.6 is 0 Å². The smallest absolute Gasteiger partial charge is 0.481 e. The number of allylic oxidation sites excluding steroid dienone is 2. The Morgan fingerprint density at radius 3 is 1.97 bits per heavy atom. The molecule has 5 atom stereocenters. The van der Waals surface area contributed by atoms with Crippen molar-refractivity contribution in [1.29, 1.82) is 10.8 Å². The van der Waals surface area contributed by atoms with Crippen LogP contribution in [0.1, 0.15) is 39.5 Å². The summed E-state index contributed by atoms with van der Waals surface area (Å²) >= 11 is 0. The fourth-order valence-corrected chi connectivity index (χ4v) is 4.71. The highest BCUT2D eigenvalue weighted by molar-refractivity contribution is 6.38. The second-order valence-corrected chi connectivity index (χ2v) is 8.59. The van der Waals surface area contributed by atoms with E-state index in [0.29, 0.717) is 19.3 Å². The van der Waals surface area contributed by atoms with E-state index in [2.05, 4.69) is 0 Å². The van der Waals surface area contributed by atoms with Gasteiger partial charge >= 0.3 is 30.0 Å². The van der Waals surface area contributed by atoms with Gasteiger partial charge in [0.25, 0.3) is 0 Å². The van der Waals surface area contributed by atoms with Crippen LogP contribution in [-0.2, 0) is 28.7 Å². The highest BCUT2D eigenvalue weighted by Crippen LogP contribution is 2.57. The van der Waals surface area contributed by atoms with Gasteiger partial charge in [-0.1, -0.05) is 12.2 Å². The minimum atomic E-state index is -2.58. The van der Waals surface area contributed by atoms with Gasteiger partial charge in [0.15, 0.2) is 22.6 Å². The molecule has 1 saturated carbocycles. The molecule has 1 fully saturated rings. The van der Waals surface area contributed by atoms with E-state index >= 15 is 0 Å². The van der Waals surface area contributed by atoms with E-state index in [1.54, 1.807) is 12.2 Å². The van der Waals surface area contributed by atoms with E-state index in [4.69, 9.17) is 30.5 Å². The first kappa shape index (κ1) is 25.5. The van der Waals surface area contributed by atoms with E-state index in [9.17, 15) is 34.2 Å². The van der Waals surface area contributed by atoms with Crippen LogP contribution in [-0.4, -0.2) is 73.1 Å². The predicted molar refractivity (Wildman–Crippen MR) is 107 cm³/mol. The SMILES string of the molecule is CC(CC(=O)O)(OC(=O)OC(C)(C(=N)C(=O)O)C(C(=O)O)C12C=CC(CC1)C2)C(=N)C(=O)O. The molecule has 0 aromatic carbocycles. The maximum absolute atomic E-state index is 12.6. The average Bonchev–Trinajstić information content (AvgIpc) is 3.26. The Morgan fingerprint density at radius 1 is 1.03 bits per heavy atom. The molecule has 6 N–H and O–H groups in total. The summed E-state index contributed by atoms with van der Waals surface area (Å²) in [5.74, 6) is -8.56. The minimum Gasteiger partial charge on any atom is -0.481 e. The van der Waals surface area contributed by atoms with E-state index in [1.165, 1.54) is 0 Å². The Morgan fingerprint density at radius 2 is 1.61 bits per heavy atom. The van der Waals surface area contributed by atoms with Crippen LogP contribution in [0.5, 0.6) is 0 Å². The molecule has 0 radical (unpaired) electrons. The second kappa shape index (κ2) is 8.64. The molecule has 2 rings (SSSR count).